The Kier molecular flexibility index (Phi) is 4.12. The first-order valence-corrected chi connectivity index (χ1v) is 5.28. The van der Waals surface area contributed by atoms with Crippen molar-refractivity contribution >= 4 is 15.9 Å². The van der Waals surface area contributed by atoms with Gasteiger partial charge in [-0.1, -0.05) is 40.9 Å². The summed E-state index contributed by atoms with van der Waals surface area (Å²) in [6.07, 6.45) is 11.7. The van der Waals surface area contributed by atoms with Crippen LogP contribution in [0, 0.1) is 5.92 Å². The van der Waals surface area contributed by atoms with Crippen LogP contribution in [0.4, 0.5) is 0 Å². The molecule has 1 aliphatic rings. The summed E-state index contributed by atoms with van der Waals surface area (Å²) in [6, 6.07) is 0. The van der Waals surface area contributed by atoms with Crippen molar-refractivity contribution in [2.45, 2.75) is 32.1 Å². The Hall–Kier alpha value is 0.220. The van der Waals surface area contributed by atoms with E-state index in [1.165, 1.54) is 32.1 Å². The number of hydrogen-bond acceptors (Lipinski definition) is 0. The first kappa shape index (κ1) is 8.32. The molecule has 58 valence electrons. The van der Waals surface area contributed by atoms with Crippen LogP contribution in [0.1, 0.15) is 32.1 Å². The maximum absolute atomic E-state index is 3.41. The normalized spacial score (nSPS) is 20.9. The molecule has 0 spiro atoms. The second-order valence-corrected chi connectivity index (χ2v) is 3.74. The van der Waals surface area contributed by atoms with Gasteiger partial charge in [-0.05, 0) is 25.2 Å². The maximum atomic E-state index is 3.41. The van der Waals surface area contributed by atoms with Crippen LogP contribution in [0.15, 0.2) is 12.2 Å². The van der Waals surface area contributed by atoms with E-state index in [0.29, 0.717) is 0 Å². The molecule has 10 heavy (non-hydrogen) atoms. The zero-order valence-corrected chi connectivity index (χ0v) is 7.94. The average Bonchev–Trinajstić information content (AvgIpc) is 2.41. The van der Waals surface area contributed by atoms with Crippen LogP contribution in [0.25, 0.3) is 0 Å². The monoisotopic (exact) mass is 202 g/mol. The molecule has 1 rings (SSSR count). The SMILES string of the molecule is BrCCC=CC1CCCC1. The van der Waals surface area contributed by atoms with E-state index < -0.39 is 0 Å². The van der Waals surface area contributed by atoms with Crippen molar-refractivity contribution in [3.05, 3.63) is 12.2 Å². The molecule has 0 aromatic carbocycles. The third-order valence-electron chi connectivity index (χ3n) is 2.08. The molecular weight excluding hydrogens is 188 g/mol. The zero-order valence-electron chi connectivity index (χ0n) is 6.35. The van der Waals surface area contributed by atoms with Crippen LogP contribution in [0.3, 0.4) is 0 Å². The van der Waals surface area contributed by atoms with Crippen molar-refractivity contribution in [3.8, 4) is 0 Å². The van der Waals surface area contributed by atoms with Gasteiger partial charge in [-0.3, -0.25) is 0 Å². The molecule has 0 aromatic heterocycles. The summed E-state index contributed by atoms with van der Waals surface area (Å²) in [6.45, 7) is 0. The van der Waals surface area contributed by atoms with Crippen LogP contribution in [-0.2, 0) is 0 Å². The largest absolute Gasteiger partial charge is 0.0925 e. The van der Waals surface area contributed by atoms with Gasteiger partial charge in [-0.25, -0.2) is 0 Å². The molecular formula is C9H15Br. The molecule has 0 unspecified atom stereocenters. The van der Waals surface area contributed by atoms with Gasteiger partial charge in [0.25, 0.3) is 0 Å². The van der Waals surface area contributed by atoms with Gasteiger partial charge >= 0.3 is 0 Å². The molecule has 0 nitrogen and oxygen atoms in total. The van der Waals surface area contributed by atoms with Crippen LogP contribution in [0.5, 0.6) is 0 Å². The molecule has 1 heteroatoms. The number of halogens is 1. The van der Waals surface area contributed by atoms with E-state index >= 15 is 0 Å². The Morgan fingerprint density at radius 2 is 2.00 bits per heavy atom. The summed E-state index contributed by atoms with van der Waals surface area (Å²) in [5.74, 6) is 0.916. The third-order valence-corrected chi connectivity index (χ3v) is 2.54. The second-order valence-electron chi connectivity index (χ2n) is 2.95. The van der Waals surface area contributed by atoms with Crippen LogP contribution >= 0.6 is 15.9 Å². The van der Waals surface area contributed by atoms with Crippen molar-refractivity contribution in [2.75, 3.05) is 5.33 Å². The van der Waals surface area contributed by atoms with Gasteiger partial charge < -0.3 is 0 Å². The summed E-state index contributed by atoms with van der Waals surface area (Å²) < 4.78 is 0. The lowest BCUT2D eigenvalue weighted by atomic mass is 10.1. The minimum atomic E-state index is 0.916. The Morgan fingerprint density at radius 1 is 1.30 bits per heavy atom. The van der Waals surface area contributed by atoms with Crippen molar-refractivity contribution in [1.29, 1.82) is 0 Å². The van der Waals surface area contributed by atoms with E-state index in [2.05, 4.69) is 28.1 Å². The lowest BCUT2D eigenvalue weighted by Gasteiger charge is -1.98. The molecule has 0 saturated heterocycles. The minimum absolute atomic E-state index is 0.916. The summed E-state index contributed by atoms with van der Waals surface area (Å²) in [7, 11) is 0. The van der Waals surface area contributed by atoms with E-state index in [1.807, 2.05) is 0 Å². The van der Waals surface area contributed by atoms with Gasteiger partial charge in [0.05, 0.1) is 0 Å². The predicted molar refractivity (Wildman–Crippen MR) is 49.5 cm³/mol. The lowest BCUT2D eigenvalue weighted by molar-refractivity contribution is 0.683. The molecule has 0 radical (unpaired) electrons. The van der Waals surface area contributed by atoms with Crippen molar-refractivity contribution in [2.24, 2.45) is 5.92 Å². The highest BCUT2D eigenvalue weighted by atomic mass is 79.9. The predicted octanol–water partition coefficient (Wildman–Crippen LogP) is 3.52. The van der Waals surface area contributed by atoms with Crippen molar-refractivity contribution < 1.29 is 0 Å². The first-order valence-electron chi connectivity index (χ1n) is 4.16. The molecule has 0 amide bonds. The Bertz CT molecular complexity index is 101. The minimum Gasteiger partial charge on any atom is -0.0925 e. The van der Waals surface area contributed by atoms with Gasteiger partial charge in [0, 0.05) is 5.33 Å². The summed E-state index contributed by atoms with van der Waals surface area (Å²) in [5, 5.41) is 1.11. The third kappa shape index (κ3) is 2.87. The Labute approximate surface area is 71.8 Å². The van der Waals surface area contributed by atoms with E-state index in [9.17, 15) is 0 Å². The second kappa shape index (κ2) is 4.95. The number of allylic oxidation sites excluding steroid dienone is 2. The van der Waals surface area contributed by atoms with Crippen LogP contribution in [0.2, 0.25) is 0 Å². The quantitative estimate of drug-likeness (QED) is 0.486. The average molecular weight is 203 g/mol. The molecule has 1 fully saturated rings. The zero-order chi connectivity index (χ0) is 7.23. The standard InChI is InChI=1S/C9H15Br/c10-8-4-3-7-9-5-1-2-6-9/h3,7,9H,1-2,4-6,8H2. The van der Waals surface area contributed by atoms with Gasteiger partial charge in [0.15, 0.2) is 0 Å². The highest BCUT2D eigenvalue weighted by molar-refractivity contribution is 9.09. The highest BCUT2D eigenvalue weighted by Gasteiger charge is 2.10. The fourth-order valence-corrected chi connectivity index (χ4v) is 1.77. The van der Waals surface area contributed by atoms with Gasteiger partial charge in [-0.2, -0.15) is 0 Å². The van der Waals surface area contributed by atoms with E-state index in [1.54, 1.807) is 0 Å². The smallest absolute Gasteiger partial charge is 0.00659 e. The fourth-order valence-electron chi connectivity index (χ4n) is 1.50. The fraction of sp³-hybridized carbons (Fsp3) is 0.778. The summed E-state index contributed by atoms with van der Waals surface area (Å²) in [5.41, 5.74) is 0. The van der Waals surface area contributed by atoms with E-state index in [0.717, 1.165) is 11.2 Å². The first-order chi connectivity index (χ1) is 4.93. The summed E-state index contributed by atoms with van der Waals surface area (Å²) in [4.78, 5) is 0. The van der Waals surface area contributed by atoms with Crippen molar-refractivity contribution in [1.82, 2.24) is 0 Å². The Balaban J connectivity index is 2.10. The summed E-state index contributed by atoms with van der Waals surface area (Å²) >= 11 is 3.41. The van der Waals surface area contributed by atoms with Gasteiger partial charge in [-0.15, -0.1) is 0 Å². The van der Waals surface area contributed by atoms with E-state index in [-0.39, 0.29) is 0 Å². The van der Waals surface area contributed by atoms with Crippen LogP contribution < -0.4 is 0 Å². The molecule has 0 atom stereocenters. The maximum Gasteiger partial charge on any atom is 0.00659 e. The van der Waals surface area contributed by atoms with Gasteiger partial charge in [0.2, 0.25) is 0 Å². The van der Waals surface area contributed by atoms with Crippen molar-refractivity contribution in [3.63, 3.8) is 0 Å². The molecule has 0 aliphatic heterocycles. The molecule has 0 aromatic rings. The molecule has 0 bridgehead atoms. The number of rotatable bonds is 3. The number of hydrogen-bond donors (Lipinski definition) is 0. The van der Waals surface area contributed by atoms with Gasteiger partial charge in [0.1, 0.15) is 0 Å². The molecule has 0 N–H and O–H groups in total. The van der Waals surface area contributed by atoms with E-state index in [4.69, 9.17) is 0 Å². The Morgan fingerprint density at radius 3 is 2.60 bits per heavy atom. The number of alkyl halides is 1. The molecule has 1 aliphatic carbocycles. The van der Waals surface area contributed by atoms with Crippen LogP contribution in [-0.4, -0.2) is 5.33 Å². The topological polar surface area (TPSA) is 0 Å². The lowest BCUT2D eigenvalue weighted by Crippen LogP contribution is -1.84. The highest BCUT2D eigenvalue weighted by Crippen LogP contribution is 2.25. The molecule has 0 heterocycles. The molecule has 1 saturated carbocycles.